The lowest BCUT2D eigenvalue weighted by Gasteiger charge is -2.29. The molecule has 2 nitrogen and oxygen atoms in total. The van der Waals surface area contributed by atoms with Crippen LogP contribution in [-0.4, -0.2) is 0 Å². The Kier molecular flexibility index (Phi) is 7.85. The SMILES string of the molecule is CC1(C)c2ccccc2-c2ccc(N(c3ccccc3)c3cccc4c(-c5ccc(N(c6ccccc6)c6cccc7ccccc67)cc5)cccc34)cc21. The van der Waals surface area contributed by atoms with E-state index in [-0.39, 0.29) is 5.41 Å². The van der Waals surface area contributed by atoms with E-state index in [1.807, 2.05) is 0 Å². The fraction of sp³-hybridized carbons (Fsp3) is 0.0566. The van der Waals surface area contributed by atoms with E-state index in [0.717, 1.165) is 34.1 Å². The van der Waals surface area contributed by atoms with Crippen LogP contribution in [0.25, 0.3) is 43.8 Å². The predicted octanol–water partition coefficient (Wildman–Crippen LogP) is 14.9. The Labute approximate surface area is 323 Å². The molecule has 0 aromatic heterocycles. The van der Waals surface area contributed by atoms with Crippen molar-refractivity contribution in [2.24, 2.45) is 0 Å². The second kappa shape index (κ2) is 13.2. The van der Waals surface area contributed by atoms with E-state index in [4.69, 9.17) is 0 Å². The number of benzene rings is 9. The Morgan fingerprint density at radius 3 is 1.58 bits per heavy atom. The summed E-state index contributed by atoms with van der Waals surface area (Å²) in [6.07, 6.45) is 0. The van der Waals surface area contributed by atoms with Gasteiger partial charge in [0.15, 0.2) is 0 Å². The molecule has 10 rings (SSSR count). The maximum absolute atomic E-state index is 2.43. The van der Waals surface area contributed by atoms with Gasteiger partial charge in [-0.05, 0) is 105 Å². The second-order valence-corrected chi connectivity index (χ2v) is 15.0. The van der Waals surface area contributed by atoms with Crippen molar-refractivity contribution in [2.75, 3.05) is 9.80 Å². The van der Waals surface area contributed by atoms with Gasteiger partial charge in [0.2, 0.25) is 0 Å². The topological polar surface area (TPSA) is 6.48 Å². The molecule has 9 aromatic carbocycles. The van der Waals surface area contributed by atoms with E-state index in [1.54, 1.807) is 0 Å². The largest absolute Gasteiger partial charge is 0.310 e. The number of anilines is 6. The first-order chi connectivity index (χ1) is 27.1. The first-order valence-electron chi connectivity index (χ1n) is 19.1. The normalized spacial score (nSPS) is 12.7. The Morgan fingerprint density at radius 1 is 0.327 bits per heavy atom. The fourth-order valence-corrected chi connectivity index (χ4v) is 8.77. The molecule has 1 aliphatic rings. The first-order valence-corrected chi connectivity index (χ1v) is 19.1. The first kappa shape index (κ1) is 32.7. The maximum Gasteiger partial charge on any atom is 0.0540 e. The third-order valence-electron chi connectivity index (χ3n) is 11.4. The van der Waals surface area contributed by atoms with Crippen LogP contribution in [0.3, 0.4) is 0 Å². The minimum absolute atomic E-state index is 0.0912. The van der Waals surface area contributed by atoms with Crippen LogP contribution in [-0.2, 0) is 5.41 Å². The average Bonchev–Trinajstić information content (AvgIpc) is 3.47. The van der Waals surface area contributed by atoms with Gasteiger partial charge in [0.05, 0.1) is 11.4 Å². The molecule has 0 bridgehead atoms. The van der Waals surface area contributed by atoms with Crippen molar-refractivity contribution >= 4 is 55.7 Å². The summed E-state index contributed by atoms with van der Waals surface area (Å²) < 4.78 is 0. The molecule has 1 aliphatic carbocycles. The molecule has 0 amide bonds. The lowest BCUT2D eigenvalue weighted by Crippen LogP contribution is -2.16. The number of para-hydroxylation sites is 2. The molecule has 0 atom stereocenters. The molecule has 9 aromatic rings. The van der Waals surface area contributed by atoms with Crippen molar-refractivity contribution in [3.05, 3.63) is 217 Å². The van der Waals surface area contributed by atoms with E-state index in [0.29, 0.717) is 0 Å². The van der Waals surface area contributed by atoms with Crippen LogP contribution in [0.4, 0.5) is 34.1 Å². The zero-order valence-corrected chi connectivity index (χ0v) is 31.0. The zero-order valence-electron chi connectivity index (χ0n) is 31.0. The average molecular weight is 705 g/mol. The van der Waals surface area contributed by atoms with Crippen LogP contribution in [0.5, 0.6) is 0 Å². The number of fused-ring (bicyclic) bond motifs is 5. The highest BCUT2D eigenvalue weighted by Crippen LogP contribution is 2.51. The molecule has 0 heterocycles. The molecule has 0 spiro atoms. The number of hydrogen-bond donors (Lipinski definition) is 0. The standard InChI is InChI=1S/C53H40N2/c1-53(2)49-27-12-11-23-46(49)47-35-34-42(36-50(47)53)55(40-20-7-4-8-21-40)52-29-15-25-45-43(24-14-26-48(45)52)38-30-32-41(33-31-38)54(39-18-5-3-6-19-39)51-28-13-17-37-16-9-10-22-44(37)51/h3-36H,1-2H3. The summed E-state index contributed by atoms with van der Waals surface area (Å²) >= 11 is 0. The van der Waals surface area contributed by atoms with Crippen LogP contribution >= 0.6 is 0 Å². The van der Waals surface area contributed by atoms with Gasteiger partial charge in [-0.25, -0.2) is 0 Å². The summed E-state index contributed by atoms with van der Waals surface area (Å²) in [5.74, 6) is 0. The van der Waals surface area contributed by atoms with Gasteiger partial charge in [0.1, 0.15) is 0 Å². The van der Waals surface area contributed by atoms with Crippen LogP contribution in [0, 0.1) is 0 Å². The van der Waals surface area contributed by atoms with Gasteiger partial charge >= 0.3 is 0 Å². The molecule has 0 fully saturated rings. The van der Waals surface area contributed by atoms with E-state index in [1.165, 1.54) is 54.9 Å². The quantitative estimate of drug-likeness (QED) is 0.163. The fourth-order valence-electron chi connectivity index (χ4n) is 8.77. The van der Waals surface area contributed by atoms with Gasteiger partial charge in [-0.3, -0.25) is 0 Å². The number of hydrogen-bond acceptors (Lipinski definition) is 2. The van der Waals surface area contributed by atoms with Crippen molar-refractivity contribution in [1.29, 1.82) is 0 Å². The van der Waals surface area contributed by atoms with Gasteiger partial charge in [-0.15, -0.1) is 0 Å². The lowest BCUT2D eigenvalue weighted by atomic mass is 9.82. The number of rotatable bonds is 7. The second-order valence-electron chi connectivity index (χ2n) is 15.0. The van der Waals surface area contributed by atoms with Crippen molar-refractivity contribution in [3.8, 4) is 22.3 Å². The molecule has 2 heteroatoms. The summed E-state index contributed by atoms with van der Waals surface area (Å²) in [7, 11) is 0. The zero-order chi connectivity index (χ0) is 36.9. The van der Waals surface area contributed by atoms with Crippen molar-refractivity contribution in [1.82, 2.24) is 0 Å². The summed E-state index contributed by atoms with van der Waals surface area (Å²) in [6.45, 7) is 4.70. The summed E-state index contributed by atoms with van der Waals surface area (Å²) in [5.41, 5.74) is 14.6. The molecule has 55 heavy (non-hydrogen) atoms. The van der Waals surface area contributed by atoms with Crippen LogP contribution in [0.2, 0.25) is 0 Å². The van der Waals surface area contributed by atoms with Gasteiger partial charge in [0, 0.05) is 38.9 Å². The van der Waals surface area contributed by atoms with Crippen molar-refractivity contribution in [3.63, 3.8) is 0 Å². The molecule has 0 saturated heterocycles. The van der Waals surface area contributed by atoms with Crippen LogP contribution < -0.4 is 9.80 Å². The Balaban J connectivity index is 1.08. The lowest BCUT2D eigenvalue weighted by molar-refractivity contribution is 0.660. The highest BCUT2D eigenvalue weighted by molar-refractivity contribution is 6.06. The molecule has 0 unspecified atom stereocenters. The van der Waals surface area contributed by atoms with Crippen molar-refractivity contribution < 1.29 is 0 Å². The minimum atomic E-state index is -0.0912. The summed E-state index contributed by atoms with van der Waals surface area (Å²) in [4.78, 5) is 4.79. The third-order valence-corrected chi connectivity index (χ3v) is 11.4. The van der Waals surface area contributed by atoms with Crippen molar-refractivity contribution in [2.45, 2.75) is 19.3 Å². The van der Waals surface area contributed by atoms with Crippen LogP contribution in [0.1, 0.15) is 25.0 Å². The Bertz CT molecular complexity index is 2830. The molecule has 0 N–H and O–H groups in total. The van der Waals surface area contributed by atoms with Gasteiger partial charge in [-0.1, -0.05) is 159 Å². The Hall–Kier alpha value is -6.90. The minimum Gasteiger partial charge on any atom is -0.310 e. The monoisotopic (exact) mass is 704 g/mol. The molecule has 0 radical (unpaired) electrons. The molecule has 0 aliphatic heterocycles. The molecular formula is C53H40N2. The van der Waals surface area contributed by atoms with E-state index < -0.39 is 0 Å². The van der Waals surface area contributed by atoms with Gasteiger partial charge in [0.25, 0.3) is 0 Å². The molecule has 262 valence electrons. The van der Waals surface area contributed by atoms with E-state index in [9.17, 15) is 0 Å². The summed E-state index contributed by atoms with van der Waals surface area (Å²) in [5, 5.41) is 4.87. The van der Waals surface area contributed by atoms with E-state index in [2.05, 4.69) is 230 Å². The predicted molar refractivity (Wildman–Crippen MR) is 234 cm³/mol. The highest BCUT2D eigenvalue weighted by Gasteiger charge is 2.35. The summed E-state index contributed by atoms with van der Waals surface area (Å²) in [6, 6.07) is 75.0. The molecule has 0 saturated carbocycles. The van der Waals surface area contributed by atoms with Gasteiger partial charge < -0.3 is 9.80 Å². The van der Waals surface area contributed by atoms with Crippen LogP contribution in [0.15, 0.2) is 206 Å². The number of nitrogens with zero attached hydrogens (tertiary/aromatic N) is 2. The molecular weight excluding hydrogens is 665 g/mol. The van der Waals surface area contributed by atoms with E-state index >= 15 is 0 Å². The maximum atomic E-state index is 2.43. The Morgan fingerprint density at radius 2 is 0.818 bits per heavy atom. The highest BCUT2D eigenvalue weighted by atomic mass is 15.1. The van der Waals surface area contributed by atoms with Gasteiger partial charge in [-0.2, -0.15) is 0 Å². The smallest absolute Gasteiger partial charge is 0.0540 e. The third kappa shape index (κ3) is 5.49.